The van der Waals surface area contributed by atoms with Gasteiger partial charge in [0.2, 0.25) is 0 Å². The van der Waals surface area contributed by atoms with Gasteiger partial charge in [-0.1, -0.05) is 30.3 Å². The van der Waals surface area contributed by atoms with Gasteiger partial charge in [0.05, 0.1) is 5.69 Å². The van der Waals surface area contributed by atoms with Crippen molar-refractivity contribution in [3.05, 3.63) is 77.2 Å². The minimum Gasteiger partial charge on any atom is -0.322 e. The molecule has 0 saturated carbocycles. The SMILES string of the molecule is O=C(Nc1ccc2c(c1)N(S(=O)(=O)c1cccs1)CCC2)c1ccccc1. The van der Waals surface area contributed by atoms with Crippen molar-refractivity contribution in [1.29, 1.82) is 0 Å². The summed E-state index contributed by atoms with van der Waals surface area (Å²) >= 11 is 1.21. The fraction of sp³-hybridized carbons (Fsp3) is 0.150. The number of amides is 1. The Hall–Kier alpha value is -2.64. The highest BCUT2D eigenvalue weighted by Gasteiger charge is 2.30. The maximum absolute atomic E-state index is 13.0. The van der Waals surface area contributed by atoms with Crippen molar-refractivity contribution in [2.45, 2.75) is 17.1 Å². The van der Waals surface area contributed by atoms with E-state index in [2.05, 4.69) is 5.32 Å². The van der Waals surface area contributed by atoms with E-state index < -0.39 is 10.0 Å². The second-order valence-electron chi connectivity index (χ2n) is 6.28. The van der Waals surface area contributed by atoms with Crippen LogP contribution in [-0.4, -0.2) is 20.9 Å². The van der Waals surface area contributed by atoms with Gasteiger partial charge in [-0.05, 0) is 54.1 Å². The zero-order chi connectivity index (χ0) is 18.9. The molecule has 5 nitrogen and oxygen atoms in total. The second kappa shape index (κ2) is 7.17. The molecule has 4 rings (SSSR count). The summed E-state index contributed by atoms with van der Waals surface area (Å²) < 4.78 is 27.8. The van der Waals surface area contributed by atoms with Crippen molar-refractivity contribution in [3.8, 4) is 0 Å². The van der Waals surface area contributed by atoms with Gasteiger partial charge < -0.3 is 5.32 Å². The number of nitrogens with one attached hydrogen (secondary N) is 1. The number of carbonyl (C=O) groups excluding carboxylic acids is 1. The first kappa shape index (κ1) is 17.8. The van der Waals surface area contributed by atoms with Crippen LogP contribution < -0.4 is 9.62 Å². The van der Waals surface area contributed by atoms with Crippen molar-refractivity contribution in [1.82, 2.24) is 0 Å². The summed E-state index contributed by atoms with van der Waals surface area (Å²) in [6.07, 6.45) is 1.59. The van der Waals surface area contributed by atoms with Crippen molar-refractivity contribution < 1.29 is 13.2 Å². The number of aryl methyl sites for hydroxylation is 1. The van der Waals surface area contributed by atoms with Crippen molar-refractivity contribution in [2.24, 2.45) is 0 Å². The summed E-state index contributed by atoms with van der Waals surface area (Å²) in [6, 6.07) is 17.8. The van der Waals surface area contributed by atoms with E-state index in [1.807, 2.05) is 18.2 Å². The quantitative estimate of drug-likeness (QED) is 0.718. The lowest BCUT2D eigenvalue weighted by molar-refractivity contribution is 0.102. The van der Waals surface area contributed by atoms with Crippen LogP contribution in [0.5, 0.6) is 0 Å². The third-order valence-electron chi connectivity index (χ3n) is 4.49. The van der Waals surface area contributed by atoms with Crippen LogP contribution >= 0.6 is 11.3 Å². The average molecular weight is 399 g/mol. The minimum atomic E-state index is -3.59. The molecule has 0 radical (unpaired) electrons. The highest BCUT2D eigenvalue weighted by atomic mass is 32.2. The van der Waals surface area contributed by atoms with Gasteiger partial charge in [0, 0.05) is 17.8 Å². The molecule has 0 bridgehead atoms. The maximum Gasteiger partial charge on any atom is 0.273 e. The summed E-state index contributed by atoms with van der Waals surface area (Å²) in [5.74, 6) is -0.223. The van der Waals surface area contributed by atoms with E-state index in [-0.39, 0.29) is 5.91 Å². The Kier molecular flexibility index (Phi) is 4.72. The van der Waals surface area contributed by atoms with E-state index in [0.717, 1.165) is 18.4 Å². The molecule has 1 amide bonds. The molecular weight excluding hydrogens is 380 g/mol. The fourth-order valence-electron chi connectivity index (χ4n) is 3.18. The van der Waals surface area contributed by atoms with Gasteiger partial charge >= 0.3 is 0 Å². The first-order valence-electron chi connectivity index (χ1n) is 8.61. The Balaban J connectivity index is 1.67. The largest absolute Gasteiger partial charge is 0.322 e. The maximum atomic E-state index is 13.0. The lowest BCUT2D eigenvalue weighted by Crippen LogP contribution is -2.35. The third kappa shape index (κ3) is 3.48. The number of thiophene rings is 1. The zero-order valence-electron chi connectivity index (χ0n) is 14.5. The molecule has 0 unspecified atom stereocenters. The first-order chi connectivity index (χ1) is 13.1. The molecule has 1 aliphatic heterocycles. The Morgan fingerprint density at radius 3 is 2.59 bits per heavy atom. The monoisotopic (exact) mass is 398 g/mol. The molecule has 0 fully saturated rings. The van der Waals surface area contributed by atoms with Crippen LogP contribution in [0.15, 0.2) is 70.3 Å². The van der Waals surface area contributed by atoms with Crippen LogP contribution in [0.4, 0.5) is 11.4 Å². The predicted octanol–water partition coefficient (Wildman–Crippen LogP) is 4.14. The number of nitrogens with zero attached hydrogens (tertiary/aromatic N) is 1. The lowest BCUT2D eigenvalue weighted by Gasteiger charge is -2.30. The second-order valence-corrected chi connectivity index (χ2v) is 9.31. The lowest BCUT2D eigenvalue weighted by atomic mass is 10.0. The average Bonchev–Trinajstić information content (AvgIpc) is 3.24. The van der Waals surface area contributed by atoms with Gasteiger partial charge in [0.25, 0.3) is 15.9 Å². The predicted molar refractivity (Wildman–Crippen MR) is 108 cm³/mol. The van der Waals surface area contributed by atoms with Gasteiger partial charge in [-0.25, -0.2) is 8.42 Å². The van der Waals surface area contributed by atoms with Crippen LogP contribution in [0.25, 0.3) is 0 Å². The Bertz CT molecular complexity index is 1060. The molecule has 2 aromatic carbocycles. The van der Waals surface area contributed by atoms with Gasteiger partial charge in [-0.3, -0.25) is 9.10 Å². The normalized spacial score (nSPS) is 13.9. The van der Waals surface area contributed by atoms with Gasteiger partial charge in [0.15, 0.2) is 0 Å². The molecular formula is C20H18N2O3S2. The smallest absolute Gasteiger partial charge is 0.273 e. The Morgan fingerprint density at radius 2 is 1.85 bits per heavy atom. The molecule has 7 heteroatoms. The molecule has 3 aromatic rings. The van der Waals surface area contributed by atoms with Gasteiger partial charge in [0.1, 0.15) is 4.21 Å². The van der Waals surface area contributed by atoms with Crippen LogP contribution in [0.2, 0.25) is 0 Å². The third-order valence-corrected chi connectivity index (χ3v) is 7.68. The summed E-state index contributed by atoms with van der Waals surface area (Å²) in [7, 11) is -3.59. The number of sulfonamides is 1. The summed E-state index contributed by atoms with van der Waals surface area (Å²) in [5.41, 5.74) is 2.74. The number of carbonyl (C=O) groups is 1. The van der Waals surface area contributed by atoms with E-state index in [1.165, 1.54) is 15.6 Å². The number of benzene rings is 2. The van der Waals surface area contributed by atoms with E-state index in [0.29, 0.717) is 27.7 Å². The molecule has 1 aliphatic rings. The van der Waals surface area contributed by atoms with Crippen molar-refractivity contribution in [3.63, 3.8) is 0 Å². The number of fused-ring (bicyclic) bond motifs is 1. The standard InChI is InChI=1S/C20H18N2O3S2/c23-20(16-6-2-1-3-7-16)21-17-11-10-15-8-4-12-22(18(15)14-17)27(24,25)19-9-5-13-26-19/h1-3,5-7,9-11,13-14H,4,8,12H2,(H,21,23). The van der Waals surface area contributed by atoms with Gasteiger partial charge in [-0.2, -0.15) is 0 Å². The van der Waals surface area contributed by atoms with Crippen LogP contribution in [0, 0.1) is 0 Å². The van der Waals surface area contributed by atoms with Crippen LogP contribution in [-0.2, 0) is 16.4 Å². The molecule has 138 valence electrons. The molecule has 27 heavy (non-hydrogen) atoms. The molecule has 1 aromatic heterocycles. The van der Waals surface area contributed by atoms with Gasteiger partial charge in [-0.15, -0.1) is 11.3 Å². The summed E-state index contributed by atoms with van der Waals surface area (Å²) in [4.78, 5) is 12.4. The minimum absolute atomic E-state index is 0.223. The molecule has 0 saturated heterocycles. The first-order valence-corrected chi connectivity index (χ1v) is 10.9. The van der Waals surface area contributed by atoms with Crippen LogP contribution in [0.1, 0.15) is 22.3 Å². The topological polar surface area (TPSA) is 66.5 Å². The molecule has 1 N–H and O–H groups in total. The van der Waals surface area contributed by atoms with E-state index in [1.54, 1.807) is 47.8 Å². The Labute approximate surface area is 162 Å². The molecule has 0 spiro atoms. The van der Waals surface area contributed by atoms with Crippen molar-refractivity contribution >= 4 is 38.6 Å². The molecule has 0 aliphatic carbocycles. The van der Waals surface area contributed by atoms with E-state index >= 15 is 0 Å². The number of anilines is 2. The zero-order valence-corrected chi connectivity index (χ0v) is 16.1. The summed E-state index contributed by atoms with van der Waals surface area (Å²) in [6.45, 7) is 0.434. The highest BCUT2D eigenvalue weighted by Crippen LogP contribution is 2.35. The number of rotatable bonds is 4. The molecule has 2 heterocycles. The highest BCUT2D eigenvalue weighted by molar-refractivity contribution is 7.94. The summed E-state index contributed by atoms with van der Waals surface area (Å²) in [5, 5.41) is 4.62. The Morgan fingerprint density at radius 1 is 1.04 bits per heavy atom. The number of hydrogen-bond donors (Lipinski definition) is 1. The fourth-order valence-corrected chi connectivity index (χ4v) is 5.82. The number of hydrogen-bond acceptors (Lipinski definition) is 4. The molecule has 0 atom stereocenters. The van der Waals surface area contributed by atoms with Crippen LogP contribution in [0.3, 0.4) is 0 Å². The van der Waals surface area contributed by atoms with E-state index in [4.69, 9.17) is 0 Å². The van der Waals surface area contributed by atoms with Crippen molar-refractivity contribution in [2.75, 3.05) is 16.2 Å². The van der Waals surface area contributed by atoms with E-state index in [9.17, 15) is 13.2 Å².